The number of ketones is 1. The number of hydrogen-bond donors (Lipinski definition) is 2. The number of aliphatic hydroxyl groups is 1. The van der Waals surface area contributed by atoms with Gasteiger partial charge in [-0.2, -0.15) is 0 Å². The Morgan fingerprint density at radius 3 is 2.65 bits per heavy atom. The van der Waals surface area contributed by atoms with Crippen molar-refractivity contribution < 1.29 is 24.2 Å². The average Bonchev–Trinajstić information content (AvgIpc) is 2.80. The SMILES string of the molecule is C[C@@H]1C[C@H]2[C@@H]3CCC4=CC(=O)C=C[C@]4(C)[C@@]3(F)C(O)C[C@]2(C)C1C(=O)O. The molecule has 0 aromatic heterocycles. The minimum absolute atomic E-state index is 0.0368. The van der Waals surface area contributed by atoms with Crippen LogP contribution in [0.25, 0.3) is 0 Å². The second-order valence-electron chi connectivity index (χ2n) is 9.38. The van der Waals surface area contributed by atoms with Gasteiger partial charge in [0.15, 0.2) is 11.5 Å². The molecule has 0 bridgehead atoms. The number of halogens is 1. The van der Waals surface area contributed by atoms with Crippen LogP contribution in [-0.4, -0.2) is 33.7 Å². The fourth-order valence-electron chi connectivity index (χ4n) is 7.10. The summed E-state index contributed by atoms with van der Waals surface area (Å²) in [4.78, 5) is 23.7. The van der Waals surface area contributed by atoms with Crippen LogP contribution in [0.2, 0.25) is 0 Å². The summed E-state index contributed by atoms with van der Waals surface area (Å²) in [6.07, 6.45) is 5.32. The first-order valence-electron chi connectivity index (χ1n) is 9.59. The van der Waals surface area contributed by atoms with Crippen molar-refractivity contribution in [3.8, 4) is 0 Å². The molecule has 4 rings (SSSR count). The number of rotatable bonds is 1. The number of carboxylic acid groups (broad SMARTS) is 1. The highest BCUT2D eigenvalue weighted by Crippen LogP contribution is 2.69. The van der Waals surface area contributed by atoms with Gasteiger partial charge in [0.05, 0.1) is 12.0 Å². The Morgan fingerprint density at radius 2 is 2.00 bits per heavy atom. The molecule has 142 valence electrons. The first kappa shape index (κ1) is 17.9. The zero-order valence-electron chi connectivity index (χ0n) is 15.5. The van der Waals surface area contributed by atoms with Crippen molar-refractivity contribution in [3.63, 3.8) is 0 Å². The van der Waals surface area contributed by atoms with Crippen molar-refractivity contribution in [2.24, 2.45) is 34.5 Å². The molecule has 0 spiro atoms. The zero-order chi connectivity index (χ0) is 19.1. The summed E-state index contributed by atoms with van der Waals surface area (Å²) in [6, 6.07) is 0. The molecule has 4 nitrogen and oxygen atoms in total. The van der Waals surface area contributed by atoms with E-state index in [4.69, 9.17) is 0 Å². The molecule has 2 N–H and O–H groups in total. The summed E-state index contributed by atoms with van der Waals surface area (Å²) in [5.74, 6) is -2.04. The zero-order valence-corrected chi connectivity index (χ0v) is 15.5. The molecule has 0 saturated heterocycles. The molecule has 26 heavy (non-hydrogen) atoms. The van der Waals surface area contributed by atoms with Crippen LogP contribution in [-0.2, 0) is 9.59 Å². The molecule has 2 unspecified atom stereocenters. The number of fused-ring (bicyclic) bond motifs is 5. The third-order valence-corrected chi connectivity index (χ3v) is 8.25. The number of carbonyl (C=O) groups is 2. The Kier molecular flexibility index (Phi) is 3.63. The first-order valence-corrected chi connectivity index (χ1v) is 9.59. The molecule has 0 radical (unpaired) electrons. The second-order valence-corrected chi connectivity index (χ2v) is 9.38. The number of hydrogen-bond acceptors (Lipinski definition) is 3. The lowest BCUT2D eigenvalue weighted by atomic mass is 9.45. The van der Waals surface area contributed by atoms with E-state index in [0.717, 1.165) is 5.57 Å². The van der Waals surface area contributed by atoms with E-state index in [1.165, 1.54) is 12.2 Å². The van der Waals surface area contributed by atoms with E-state index in [0.29, 0.717) is 19.3 Å². The normalized spacial score (nSPS) is 52.7. The number of alkyl halides is 1. The Hall–Kier alpha value is -1.49. The molecule has 0 aliphatic heterocycles. The van der Waals surface area contributed by atoms with Gasteiger partial charge in [-0.05, 0) is 62.0 Å². The molecule has 0 amide bonds. The first-order chi connectivity index (χ1) is 12.1. The molecular weight excluding hydrogens is 335 g/mol. The molecular formula is C21H27FO4. The molecule has 3 saturated carbocycles. The van der Waals surface area contributed by atoms with Crippen LogP contribution in [0, 0.1) is 34.5 Å². The molecule has 5 heteroatoms. The summed E-state index contributed by atoms with van der Waals surface area (Å²) in [6.45, 7) is 5.65. The smallest absolute Gasteiger partial charge is 0.307 e. The summed E-state index contributed by atoms with van der Waals surface area (Å²) < 4.78 is 16.7. The quantitative estimate of drug-likeness (QED) is 0.750. The fourth-order valence-corrected chi connectivity index (χ4v) is 7.10. The van der Waals surface area contributed by atoms with Gasteiger partial charge in [-0.3, -0.25) is 9.59 Å². The monoisotopic (exact) mass is 362 g/mol. The highest BCUT2D eigenvalue weighted by Gasteiger charge is 2.71. The van der Waals surface area contributed by atoms with E-state index < -0.39 is 40.4 Å². The van der Waals surface area contributed by atoms with Gasteiger partial charge in [0.1, 0.15) is 0 Å². The van der Waals surface area contributed by atoms with Crippen LogP contribution in [0.15, 0.2) is 23.8 Å². The predicted molar refractivity (Wildman–Crippen MR) is 94.0 cm³/mol. The van der Waals surface area contributed by atoms with Gasteiger partial charge in [-0.25, -0.2) is 4.39 Å². The molecule has 0 aromatic carbocycles. The van der Waals surface area contributed by atoms with E-state index in [1.54, 1.807) is 13.0 Å². The van der Waals surface area contributed by atoms with Gasteiger partial charge >= 0.3 is 5.97 Å². The predicted octanol–water partition coefficient (Wildman–Crippen LogP) is 3.30. The lowest BCUT2D eigenvalue weighted by molar-refractivity contribution is -0.198. The third-order valence-electron chi connectivity index (χ3n) is 8.25. The van der Waals surface area contributed by atoms with E-state index in [2.05, 4.69) is 0 Å². The van der Waals surface area contributed by atoms with Gasteiger partial charge in [-0.15, -0.1) is 0 Å². The van der Waals surface area contributed by atoms with Crippen LogP contribution in [0.5, 0.6) is 0 Å². The number of allylic oxidation sites excluding steroid dienone is 4. The topological polar surface area (TPSA) is 74.6 Å². The van der Waals surface area contributed by atoms with Crippen molar-refractivity contribution in [3.05, 3.63) is 23.8 Å². The van der Waals surface area contributed by atoms with Crippen molar-refractivity contribution in [2.75, 3.05) is 0 Å². The van der Waals surface area contributed by atoms with Crippen molar-refractivity contribution in [1.82, 2.24) is 0 Å². The Labute approximate surface area is 153 Å². The van der Waals surface area contributed by atoms with Crippen LogP contribution in [0.1, 0.15) is 46.5 Å². The third kappa shape index (κ3) is 1.93. The maximum Gasteiger partial charge on any atom is 0.307 e. The number of carbonyl (C=O) groups excluding carboxylic acids is 1. The summed E-state index contributed by atoms with van der Waals surface area (Å²) in [7, 11) is 0. The van der Waals surface area contributed by atoms with Gasteiger partial charge < -0.3 is 10.2 Å². The Morgan fingerprint density at radius 1 is 1.31 bits per heavy atom. The Balaban J connectivity index is 1.82. The van der Waals surface area contributed by atoms with E-state index >= 15 is 4.39 Å². The van der Waals surface area contributed by atoms with Crippen LogP contribution < -0.4 is 0 Å². The molecule has 0 heterocycles. The maximum atomic E-state index is 16.7. The molecule has 0 aromatic rings. The Bertz CT molecular complexity index is 742. The lowest BCUT2D eigenvalue weighted by Crippen LogP contribution is -2.66. The van der Waals surface area contributed by atoms with Crippen molar-refractivity contribution >= 4 is 11.8 Å². The number of aliphatic hydroxyl groups excluding tert-OH is 1. The number of carboxylic acids is 1. The van der Waals surface area contributed by atoms with Gasteiger partial charge in [0, 0.05) is 11.3 Å². The molecule has 3 fully saturated rings. The van der Waals surface area contributed by atoms with E-state index in [-0.39, 0.29) is 24.0 Å². The summed E-state index contributed by atoms with van der Waals surface area (Å²) in [5.41, 5.74) is -2.72. The van der Waals surface area contributed by atoms with Crippen molar-refractivity contribution in [2.45, 2.75) is 58.2 Å². The lowest BCUT2D eigenvalue weighted by Gasteiger charge is -2.61. The molecule has 4 aliphatic carbocycles. The summed E-state index contributed by atoms with van der Waals surface area (Å²) >= 11 is 0. The van der Waals surface area contributed by atoms with Gasteiger partial charge in [0.25, 0.3) is 0 Å². The van der Waals surface area contributed by atoms with E-state index in [9.17, 15) is 19.8 Å². The fraction of sp³-hybridized carbons (Fsp3) is 0.714. The molecule has 8 atom stereocenters. The second kappa shape index (κ2) is 5.28. The average molecular weight is 362 g/mol. The minimum atomic E-state index is -1.87. The minimum Gasteiger partial charge on any atom is -0.481 e. The van der Waals surface area contributed by atoms with Gasteiger partial charge in [0.2, 0.25) is 0 Å². The van der Waals surface area contributed by atoms with Crippen LogP contribution in [0.3, 0.4) is 0 Å². The molecule has 4 aliphatic rings. The standard InChI is InChI=1S/C21H27FO4/c1-11-8-15-14-5-4-12-9-13(23)6-7-20(12,3)21(14,22)16(24)10-19(15,2)17(11)18(25)26/h6-7,9,11,14-17,24H,4-5,8,10H2,1-3H3,(H,25,26)/t11-,14+,15+,16?,17?,19+,20+,21+/m1/s1. The summed E-state index contributed by atoms with van der Waals surface area (Å²) in [5, 5.41) is 20.8. The van der Waals surface area contributed by atoms with Crippen LogP contribution >= 0.6 is 0 Å². The largest absolute Gasteiger partial charge is 0.481 e. The highest BCUT2D eigenvalue weighted by molar-refractivity contribution is 6.01. The van der Waals surface area contributed by atoms with Gasteiger partial charge in [-0.1, -0.05) is 25.5 Å². The van der Waals surface area contributed by atoms with Crippen molar-refractivity contribution in [1.29, 1.82) is 0 Å². The van der Waals surface area contributed by atoms with E-state index in [1.807, 2.05) is 13.8 Å². The highest BCUT2D eigenvalue weighted by atomic mass is 19.1. The maximum absolute atomic E-state index is 16.7. The van der Waals surface area contributed by atoms with Crippen LogP contribution in [0.4, 0.5) is 4.39 Å². The number of aliphatic carboxylic acids is 1.